The standard InChI is InChI=1S/C78H64N2/c1-43-25-27-53-37-69(43)79(71-41-63-55-21-11-13-23-65(55)77(7,8)67(63)33-45(71)3)73-39-61-47(5)50-18-16-20-52(36-50)54-28-26-44(2)70(38-54)80(72-42-64-56-22-12-14-24-66(56)78(9,10)68(64)34-46(72)4)74-40-62(48(6)49-17-15-19-51(53)35-49)58-29-31-59(73)75-57(61)30-32-60(74)76(58)75/h11-42,47-48H,1-10H3. The molecule has 3 aliphatic heterocycles. The smallest absolute Gasteiger partial charge is 0.0543 e. The van der Waals surface area contributed by atoms with Gasteiger partial charge in [-0.05, 0) is 197 Å². The average molecular weight is 1030 g/mol. The molecular formula is C78H64N2. The third kappa shape index (κ3) is 6.36. The number of rotatable bonds is 2. The Morgan fingerprint density at radius 2 is 0.688 bits per heavy atom. The highest BCUT2D eigenvalue weighted by atomic mass is 15.2. The topological polar surface area (TPSA) is 6.48 Å². The first-order valence-electron chi connectivity index (χ1n) is 29.0. The second-order valence-corrected chi connectivity index (χ2v) is 25.1. The Bertz CT molecular complexity index is 4400. The van der Waals surface area contributed by atoms with Crippen molar-refractivity contribution in [3.05, 3.63) is 261 Å². The summed E-state index contributed by atoms with van der Waals surface area (Å²) in [4.78, 5) is 5.33. The maximum absolute atomic E-state index is 2.66. The lowest BCUT2D eigenvalue weighted by molar-refractivity contribution is 0.659. The number of fused-ring (bicyclic) bond motifs is 13. The lowest BCUT2D eigenvalue weighted by atomic mass is 9.80. The molecule has 386 valence electrons. The van der Waals surface area contributed by atoms with Gasteiger partial charge < -0.3 is 9.80 Å². The third-order valence-electron chi connectivity index (χ3n) is 20.0. The van der Waals surface area contributed by atoms with Gasteiger partial charge >= 0.3 is 0 Å². The number of benzene rings is 12. The molecular weight excluding hydrogens is 965 g/mol. The van der Waals surface area contributed by atoms with Crippen LogP contribution >= 0.6 is 0 Å². The normalized spacial score (nSPS) is 16.8. The predicted octanol–water partition coefficient (Wildman–Crippen LogP) is 21.6. The van der Waals surface area contributed by atoms with Gasteiger partial charge in [0.25, 0.3) is 0 Å². The van der Waals surface area contributed by atoms with Crippen molar-refractivity contribution in [1.29, 1.82) is 0 Å². The molecule has 0 radical (unpaired) electrons. The monoisotopic (exact) mass is 1030 g/mol. The molecule has 80 heavy (non-hydrogen) atoms. The maximum Gasteiger partial charge on any atom is 0.0543 e. The summed E-state index contributed by atoms with van der Waals surface area (Å²) in [5.74, 6) is 0.117. The van der Waals surface area contributed by atoms with Crippen molar-refractivity contribution >= 4 is 66.4 Å². The van der Waals surface area contributed by atoms with Crippen LogP contribution in [-0.2, 0) is 10.8 Å². The molecule has 0 N–H and O–H groups in total. The molecule has 12 aromatic rings. The molecule has 2 unspecified atom stereocenters. The van der Waals surface area contributed by atoms with Crippen molar-refractivity contribution in [1.82, 2.24) is 0 Å². The maximum atomic E-state index is 2.66. The molecule has 0 saturated heterocycles. The van der Waals surface area contributed by atoms with Crippen molar-refractivity contribution in [2.75, 3.05) is 9.80 Å². The highest BCUT2D eigenvalue weighted by molar-refractivity contribution is 6.30. The quantitative estimate of drug-likeness (QED) is 0.159. The molecule has 12 aromatic carbocycles. The minimum absolute atomic E-state index is 0.0587. The van der Waals surface area contributed by atoms with Gasteiger partial charge in [-0.3, -0.25) is 0 Å². The van der Waals surface area contributed by atoms with E-state index < -0.39 is 0 Å². The molecule has 0 saturated carbocycles. The van der Waals surface area contributed by atoms with Crippen LogP contribution in [0.4, 0.5) is 34.1 Å². The second-order valence-electron chi connectivity index (χ2n) is 25.1. The molecule has 17 rings (SSSR count). The van der Waals surface area contributed by atoms with E-state index in [-0.39, 0.29) is 22.7 Å². The third-order valence-corrected chi connectivity index (χ3v) is 20.0. The minimum atomic E-state index is -0.125. The summed E-state index contributed by atoms with van der Waals surface area (Å²) in [5, 5.41) is 7.77. The Morgan fingerprint density at radius 1 is 0.300 bits per heavy atom. The summed E-state index contributed by atoms with van der Waals surface area (Å²) in [6.45, 7) is 23.8. The largest absolute Gasteiger partial charge is 0.309 e. The van der Waals surface area contributed by atoms with Gasteiger partial charge in [0.05, 0.1) is 11.4 Å². The van der Waals surface area contributed by atoms with Crippen molar-refractivity contribution in [3.8, 4) is 44.5 Å². The molecule has 0 fully saturated rings. The number of aryl methyl sites for hydroxylation is 4. The van der Waals surface area contributed by atoms with Gasteiger partial charge in [0.15, 0.2) is 0 Å². The average Bonchev–Trinajstić information content (AvgIpc) is 4.00. The van der Waals surface area contributed by atoms with E-state index in [0.29, 0.717) is 0 Å². The van der Waals surface area contributed by atoms with Crippen molar-refractivity contribution in [2.24, 2.45) is 0 Å². The van der Waals surface area contributed by atoms with E-state index in [1.54, 1.807) is 0 Å². The summed E-state index contributed by atoms with van der Waals surface area (Å²) in [7, 11) is 0. The number of hydrogen-bond donors (Lipinski definition) is 0. The van der Waals surface area contributed by atoms with Gasteiger partial charge in [0.2, 0.25) is 0 Å². The fourth-order valence-corrected chi connectivity index (χ4v) is 15.4. The SMILES string of the molecule is Cc1ccc2cc1N(c1cc3c(cc1C)C(C)(C)c1ccccc1-3)c1cc3c4ccc5c(cc(c6ccc1c4c65)C(C)c1cccc-2c1)N(c1cc2c(cc1C)C(C)(C)c1ccccc1-2)c1cc(ccc1C)-c1cccc(c1)C3C. The number of hydrogen-bond acceptors (Lipinski definition) is 2. The van der Waals surface area contributed by atoms with Crippen molar-refractivity contribution < 1.29 is 0 Å². The lowest BCUT2D eigenvalue weighted by Crippen LogP contribution is -2.18. The molecule has 2 nitrogen and oxygen atoms in total. The molecule has 2 heteroatoms. The van der Waals surface area contributed by atoms with E-state index in [9.17, 15) is 0 Å². The second kappa shape index (κ2) is 16.4. The molecule has 0 amide bonds. The van der Waals surface area contributed by atoms with Crippen molar-refractivity contribution in [3.63, 3.8) is 0 Å². The molecule has 3 heterocycles. The van der Waals surface area contributed by atoms with Gasteiger partial charge in [0, 0.05) is 56.2 Å². The summed E-state index contributed by atoms with van der Waals surface area (Å²) in [6, 6.07) is 76.6. The highest BCUT2D eigenvalue weighted by Gasteiger charge is 2.39. The Kier molecular flexibility index (Phi) is 9.71. The van der Waals surface area contributed by atoms with E-state index >= 15 is 0 Å². The molecule has 0 aromatic heterocycles. The van der Waals surface area contributed by atoms with E-state index in [1.165, 1.54) is 178 Å². The van der Waals surface area contributed by atoms with Gasteiger partial charge in [-0.25, -0.2) is 0 Å². The Balaban J connectivity index is 1.10. The van der Waals surface area contributed by atoms with Crippen LogP contribution in [0.1, 0.15) is 120 Å². The van der Waals surface area contributed by atoms with E-state index in [1.807, 2.05) is 0 Å². The van der Waals surface area contributed by atoms with Crippen LogP contribution in [0.25, 0.3) is 76.8 Å². The first-order chi connectivity index (χ1) is 38.6. The zero-order valence-electron chi connectivity index (χ0n) is 47.5. The summed E-state index contributed by atoms with van der Waals surface area (Å²) in [6.07, 6.45) is 0. The van der Waals surface area contributed by atoms with Crippen LogP contribution in [0.3, 0.4) is 0 Å². The molecule has 2 aliphatic carbocycles. The van der Waals surface area contributed by atoms with Crippen LogP contribution in [0.5, 0.6) is 0 Å². The molecule has 0 spiro atoms. The predicted molar refractivity (Wildman–Crippen MR) is 339 cm³/mol. The summed E-state index contributed by atoms with van der Waals surface area (Å²) < 4.78 is 0. The van der Waals surface area contributed by atoms with Gasteiger partial charge in [-0.1, -0.05) is 199 Å². The van der Waals surface area contributed by atoms with Crippen molar-refractivity contribution in [2.45, 2.75) is 91.9 Å². The van der Waals surface area contributed by atoms with Gasteiger partial charge in [-0.2, -0.15) is 0 Å². The minimum Gasteiger partial charge on any atom is -0.309 e. The fraction of sp³-hybridized carbons (Fsp3) is 0.179. The fourth-order valence-electron chi connectivity index (χ4n) is 15.4. The number of nitrogens with zero attached hydrogens (tertiary/aromatic N) is 2. The van der Waals surface area contributed by atoms with Crippen LogP contribution in [0.15, 0.2) is 194 Å². The van der Waals surface area contributed by atoms with Gasteiger partial charge in [0.1, 0.15) is 0 Å². The zero-order chi connectivity index (χ0) is 54.4. The Labute approximate surface area is 471 Å². The van der Waals surface area contributed by atoms with Gasteiger partial charge in [-0.15, -0.1) is 0 Å². The molecule has 16 bridgehead atoms. The summed E-state index contributed by atoms with van der Waals surface area (Å²) in [5.41, 5.74) is 32.9. The Hall–Kier alpha value is -8.72. The van der Waals surface area contributed by atoms with Crippen LogP contribution < -0.4 is 9.80 Å². The highest BCUT2D eigenvalue weighted by Crippen LogP contribution is 2.58. The van der Waals surface area contributed by atoms with Crippen LogP contribution in [0.2, 0.25) is 0 Å². The number of anilines is 6. The van der Waals surface area contributed by atoms with Crippen LogP contribution in [-0.4, -0.2) is 0 Å². The van der Waals surface area contributed by atoms with Crippen LogP contribution in [0, 0.1) is 27.7 Å². The summed E-state index contributed by atoms with van der Waals surface area (Å²) >= 11 is 0. The van der Waals surface area contributed by atoms with E-state index in [2.05, 4.69) is 273 Å². The lowest BCUT2D eigenvalue weighted by Gasteiger charge is -2.35. The Morgan fingerprint density at radius 3 is 1.12 bits per heavy atom. The molecule has 2 atom stereocenters. The first-order valence-corrected chi connectivity index (χ1v) is 29.0. The zero-order valence-corrected chi connectivity index (χ0v) is 47.5. The van der Waals surface area contributed by atoms with E-state index in [4.69, 9.17) is 0 Å². The first kappa shape index (κ1) is 47.3. The van der Waals surface area contributed by atoms with E-state index in [0.717, 1.165) is 0 Å². The molecule has 5 aliphatic rings.